The van der Waals surface area contributed by atoms with Crippen LogP contribution in [0.15, 0.2) is 42.5 Å². The molecule has 2 heteroatoms. The smallest absolute Gasteiger partial charge is 0.244 e. The molecule has 1 amide bonds. The molecule has 19 heavy (non-hydrogen) atoms. The van der Waals surface area contributed by atoms with E-state index in [1.807, 2.05) is 30.3 Å². The molecule has 0 heterocycles. The molecule has 0 spiro atoms. The molecule has 1 atom stereocenters. The number of hydrogen-bond acceptors (Lipinski definition) is 1. The highest BCUT2D eigenvalue weighted by Crippen LogP contribution is 2.28. The van der Waals surface area contributed by atoms with Crippen LogP contribution < -0.4 is 5.73 Å². The van der Waals surface area contributed by atoms with Gasteiger partial charge in [0.05, 0.1) is 0 Å². The van der Waals surface area contributed by atoms with Crippen LogP contribution in [-0.4, -0.2) is 5.91 Å². The van der Waals surface area contributed by atoms with Crippen LogP contribution in [0.25, 0.3) is 0 Å². The van der Waals surface area contributed by atoms with E-state index in [9.17, 15) is 4.79 Å². The first-order valence-electron chi connectivity index (χ1n) is 7.20. The molecule has 104 valence electrons. The van der Waals surface area contributed by atoms with E-state index in [0.29, 0.717) is 5.57 Å². The maximum absolute atomic E-state index is 11.4. The fraction of sp³-hybridized carbons (Fsp3) is 0.471. The van der Waals surface area contributed by atoms with E-state index in [1.54, 1.807) is 0 Å². The predicted molar refractivity (Wildman–Crippen MR) is 80.9 cm³/mol. The van der Waals surface area contributed by atoms with E-state index in [4.69, 9.17) is 5.73 Å². The van der Waals surface area contributed by atoms with Gasteiger partial charge in [-0.25, -0.2) is 0 Å². The van der Waals surface area contributed by atoms with Crippen LogP contribution in [0.4, 0.5) is 0 Å². The lowest BCUT2D eigenvalue weighted by atomic mass is 9.87. The van der Waals surface area contributed by atoms with E-state index in [0.717, 1.165) is 18.4 Å². The summed E-state index contributed by atoms with van der Waals surface area (Å²) in [7, 11) is 0. The second-order valence-corrected chi connectivity index (χ2v) is 5.06. The average Bonchev–Trinajstić information content (AvgIpc) is 2.43. The number of amides is 1. The minimum Gasteiger partial charge on any atom is -0.366 e. The maximum Gasteiger partial charge on any atom is 0.244 e. The van der Waals surface area contributed by atoms with E-state index in [1.165, 1.54) is 25.7 Å². The third-order valence-corrected chi connectivity index (χ3v) is 3.54. The molecular formula is C17H25NO. The van der Waals surface area contributed by atoms with Gasteiger partial charge in [-0.1, -0.05) is 75.9 Å². The van der Waals surface area contributed by atoms with Crippen LogP contribution in [0.5, 0.6) is 0 Å². The highest BCUT2D eigenvalue weighted by atomic mass is 16.1. The molecule has 1 unspecified atom stereocenters. The molecule has 1 aromatic rings. The van der Waals surface area contributed by atoms with Crippen molar-refractivity contribution in [2.24, 2.45) is 5.73 Å². The standard InChI is InChI=1S/C17H25NO/c1-3-4-5-6-10-13-16(14(2)17(18)19)15-11-8-7-9-12-15/h7-9,11-12,16H,2-6,10,13H2,1H3,(H2,18,19). The van der Waals surface area contributed by atoms with Gasteiger partial charge in [0, 0.05) is 11.5 Å². The fourth-order valence-electron chi connectivity index (χ4n) is 2.35. The summed E-state index contributed by atoms with van der Waals surface area (Å²) in [6, 6.07) is 10.1. The number of rotatable bonds is 9. The van der Waals surface area contributed by atoms with Gasteiger partial charge in [-0.2, -0.15) is 0 Å². The first-order chi connectivity index (χ1) is 9.16. The molecule has 0 saturated carbocycles. The Morgan fingerprint density at radius 3 is 2.37 bits per heavy atom. The zero-order valence-electron chi connectivity index (χ0n) is 11.9. The van der Waals surface area contributed by atoms with Crippen molar-refractivity contribution in [3.8, 4) is 0 Å². The van der Waals surface area contributed by atoms with Gasteiger partial charge in [0.15, 0.2) is 0 Å². The van der Waals surface area contributed by atoms with Crippen molar-refractivity contribution in [2.75, 3.05) is 0 Å². The Hall–Kier alpha value is -1.57. The summed E-state index contributed by atoms with van der Waals surface area (Å²) in [4.78, 5) is 11.4. The van der Waals surface area contributed by atoms with Gasteiger partial charge in [-0.3, -0.25) is 4.79 Å². The van der Waals surface area contributed by atoms with Crippen molar-refractivity contribution >= 4 is 5.91 Å². The fourth-order valence-corrected chi connectivity index (χ4v) is 2.35. The highest BCUT2D eigenvalue weighted by molar-refractivity contribution is 5.92. The molecule has 0 bridgehead atoms. The summed E-state index contributed by atoms with van der Waals surface area (Å²) < 4.78 is 0. The van der Waals surface area contributed by atoms with Gasteiger partial charge >= 0.3 is 0 Å². The Morgan fingerprint density at radius 2 is 1.79 bits per heavy atom. The number of benzene rings is 1. The van der Waals surface area contributed by atoms with Crippen molar-refractivity contribution < 1.29 is 4.79 Å². The van der Waals surface area contributed by atoms with Crippen molar-refractivity contribution in [1.82, 2.24) is 0 Å². The lowest BCUT2D eigenvalue weighted by Gasteiger charge is -2.18. The van der Waals surface area contributed by atoms with E-state index < -0.39 is 0 Å². The van der Waals surface area contributed by atoms with E-state index in [2.05, 4.69) is 13.5 Å². The minimum atomic E-state index is -0.387. The molecule has 2 N–H and O–H groups in total. The lowest BCUT2D eigenvalue weighted by molar-refractivity contribution is -0.114. The van der Waals surface area contributed by atoms with Crippen LogP contribution in [0.1, 0.15) is 56.9 Å². The molecular weight excluding hydrogens is 234 g/mol. The summed E-state index contributed by atoms with van der Waals surface area (Å²) in [5.74, 6) is -0.317. The highest BCUT2D eigenvalue weighted by Gasteiger charge is 2.18. The van der Waals surface area contributed by atoms with Crippen LogP contribution in [0.3, 0.4) is 0 Å². The number of carbonyl (C=O) groups excluding carboxylic acids is 1. The summed E-state index contributed by atoms with van der Waals surface area (Å²) in [5.41, 5.74) is 7.06. The van der Waals surface area contributed by atoms with Crippen molar-refractivity contribution in [1.29, 1.82) is 0 Å². The number of carbonyl (C=O) groups is 1. The zero-order chi connectivity index (χ0) is 14.1. The van der Waals surface area contributed by atoms with Crippen molar-refractivity contribution in [3.05, 3.63) is 48.0 Å². The first kappa shape index (κ1) is 15.5. The van der Waals surface area contributed by atoms with Gasteiger partial charge in [0.1, 0.15) is 0 Å². The molecule has 0 aromatic heterocycles. The van der Waals surface area contributed by atoms with Crippen LogP contribution in [-0.2, 0) is 4.79 Å². The Balaban J connectivity index is 2.61. The van der Waals surface area contributed by atoms with Gasteiger partial charge in [0.2, 0.25) is 5.91 Å². The van der Waals surface area contributed by atoms with Crippen LogP contribution >= 0.6 is 0 Å². The molecule has 1 aromatic carbocycles. The van der Waals surface area contributed by atoms with E-state index in [-0.39, 0.29) is 11.8 Å². The Labute approximate surface area is 116 Å². The van der Waals surface area contributed by atoms with Gasteiger partial charge < -0.3 is 5.73 Å². The van der Waals surface area contributed by atoms with Crippen molar-refractivity contribution in [3.63, 3.8) is 0 Å². The molecule has 0 radical (unpaired) electrons. The lowest BCUT2D eigenvalue weighted by Crippen LogP contribution is -2.18. The van der Waals surface area contributed by atoms with Gasteiger partial charge in [0.25, 0.3) is 0 Å². The summed E-state index contributed by atoms with van der Waals surface area (Å²) in [6.07, 6.45) is 7.08. The zero-order valence-corrected chi connectivity index (χ0v) is 11.9. The second kappa shape index (κ2) is 8.52. The molecule has 0 aliphatic rings. The second-order valence-electron chi connectivity index (χ2n) is 5.06. The van der Waals surface area contributed by atoms with Crippen LogP contribution in [0, 0.1) is 0 Å². The molecule has 0 aliphatic heterocycles. The summed E-state index contributed by atoms with van der Waals surface area (Å²) in [6.45, 7) is 6.08. The number of nitrogens with two attached hydrogens (primary N) is 1. The Morgan fingerprint density at radius 1 is 1.16 bits per heavy atom. The third kappa shape index (κ3) is 5.29. The van der Waals surface area contributed by atoms with Gasteiger partial charge in [-0.05, 0) is 12.0 Å². The van der Waals surface area contributed by atoms with Crippen LogP contribution in [0.2, 0.25) is 0 Å². The quantitative estimate of drug-likeness (QED) is 0.525. The van der Waals surface area contributed by atoms with E-state index >= 15 is 0 Å². The molecule has 0 fully saturated rings. The topological polar surface area (TPSA) is 43.1 Å². The number of primary amides is 1. The monoisotopic (exact) mass is 259 g/mol. The minimum absolute atomic E-state index is 0.0697. The normalized spacial score (nSPS) is 12.1. The number of hydrogen-bond donors (Lipinski definition) is 1. The first-order valence-corrected chi connectivity index (χ1v) is 7.20. The maximum atomic E-state index is 11.4. The number of unbranched alkanes of at least 4 members (excludes halogenated alkanes) is 4. The SMILES string of the molecule is C=C(C(N)=O)C(CCCCCCC)c1ccccc1. The third-order valence-electron chi connectivity index (χ3n) is 3.54. The molecule has 2 nitrogen and oxygen atoms in total. The van der Waals surface area contributed by atoms with Crippen molar-refractivity contribution in [2.45, 2.75) is 51.4 Å². The average molecular weight is 259 g/mol. The molecule has 0 saturated heterocycles. The summed E-state index contributed by atoms with van der Waals surface area (Å²) in [5, 5.41) is 0. The molecule has 1 rings (SSSR count). The molecule has 0 aliphatic carbocycles. The summed E-state index contributed by atoms with van der Waals surface area (Å²) >= 11 is 0. The Kier molecular flexibility index (Phi) is 6.94. The largest absolute Gasteiger partial charge is 0.366 e. The van der Waals surface area contributed by atoms with Gasteiger partial charge in [-0.15, -0.1) is 0 Å². The predicted octanol–water partition coefficient (Wildman–Crippen LogP) is 4.17. The Bertz CT molecular complexity index is 397.